The van der Waals surface area contributed by atoms with Gasteiger partial charge in [-0.1, -0.05) is 32.8 Å². The molecule has 0 aromatic carbocycles. The third kappa shape index (κ3) is 11.0. The van der Waals surface area contributed by atoms with E-state index in [9.17, 15) is 9.59 Å². The topological polar surface area (TPSA) is 71.5 Å². The van der Waals surface area contributed by atoms with Crippen molar-refractivity contribution < 1.29 is 14.3 Å². The molecule has 1 aromatic heterocycles. The van der Waals surface area contributed by atoms with Crippen molar-refractivity contribution in [1.29, 1.82) is 0 Å². The third-order valence-corrected chi connectivity index (χ3v) is 5.07. The van der Waals surface area contributed by atoms with Crippen molar-refractivity contribution in [2.45, 2.75) is 79.2 Å². The Balaban J connectivity index is 0.00000233. The van der Waals surface area contributed by atoms with Crippen molar-refractivity contribution in [3.63, 3.8) is 0 Å². The second-order valence-corrected chi connectivity index (χ2v) is 8.71. The lowest BCUT2D eigenvalue weighted by molar-refractivity contribution is -0.116. The minimum absolute atomic E-state index is 0.0704. The second kappa shape index (κ2) is 13.8. The van der Waals surface area contributed by atoms with Crippen LogP contribution in [0.1, 0.15) is 78.0 Å². The minimum Gasteiger partial charge on any atom is -0.444 e. The summed E-state index contributed by atoms with van der Waals surface area (Å²) in [6.07, 6.45) is 10.2. The molecule has 0 bridgehead atoms. The number of hydrogen-bond donors (Lipinski definition) is 1. The Hall–Kier alpha value is -2.37. The van der Waals surface area contributed by atoms with Crippen molar-refractivity contribution in [2.24, 2.45) is 5.92 Å². The molecule has 0 aliphatic carbocycles. The molecule has 31 heavy (non-hydrogen) atoms. The van der Waals surface area contributed by atoms with Crippen LogP contribution in [0.5, 0.6) is 0 Å². The molecule has 0 unspecified atom stereocenters. The quantitative estimate of drug-likeness (QED) is 0.466. The van der Waals surface area contributed by atoms with E-state index in [0.717, 1.165) is 56.5 Å². The first-order chi connectivity index (χ1) is 14.7. The molecular weight excluding hydrogens is 390 g/mol. The maximum absolute atomic E-state index is 12.1. The molecule has 2 amide bonds. The van der Waals surface area contributed by atoms with Gasteiger partial charge in [0.15, 0.2) is 0 Å². The minimum atomic E-state index is -0.440. The van der Waals surface area contributed by atoms with E-state index in [2.05, 4.69) is 10.3 Å². The van der Waals surface area contributed by atoms with Crippen LogP contribution < -0.4 is 5.32 Å². The molecule has 2 heterocycles. The predicted octanol–water partition coefficient (Wildman–Crippen LogP) is 5.36. The Morgan fingerprint density at radius 3 is 2.52 bits per heavy atom. The molecule has 174 valence electrons. The molecule has 0 spiro atoms. The van der Waals surface area contributed by atoms with Gasteiger partial charge in [-0.15, -0.1) is 0 Å². The highest BCUT2D eigenvalue weighted by atomic mass is 16.6. The van der Waals surface area contributed by atoms with Gasteiger partial charge < -0.3 is 15.0 Å². The molecular formula is C25H41N3O3. The van der Waals surface area contributed by atoms with Crippen LogP contribution in [0.2, 0.25) is 0 Å². The summed E-state index contributed by atoms with van der Waals surface area (Å²) >= 11 is 0. The van der Waals surface area contributed by atoms with Crippen LogP contribution in [0.25, 0.3) is 6.08 Å². The highest BCUT2D eigenvalue weighted by Crippen LogP contribution is 2.23. The van der Waals surface area contributed by atoms with E-state index in [4.69, 9.17) is 4.74 Å². The zero-order valence-electron chi connectivity index (χ0n) is 20.2. The Labute approximate surface area is 188 Å². The summed E-state index contributed by atoms with van der Waals surface area (Å²) in [5, 5.41) is 2.94. The molecule has 0 saturated carbocycles. The summed E-state index contributed by atoms with van der Waals surface area (Å²) in [5.74, 6) is 0.580. The van der Waals surface area contributed by atoms with Crippen molar-refractivity contribution in [2.75, 3.05) is 19.6 Å². The molecule has 1 aliphatic rings. The maximum atomic E-state index is 12.1. The number of piperidine rings is 1. The Morgan fingerprint density at radius 2 is 1.90 bits per heavy atom. The van der Waals surface area contributed by atoms with Gasteiger partial charge in [0.2, 0.25) is 5.91 Å². The van der Waals surface area contributed by atoms with Crippen LogP contribution in [-0.4, -0.2) is 47.1 Å². The van der Waals surface area contributed by atoms with E-state index in [-0.39, 0.29) is 12.0 Å². The Kier molecular flexibility index (Phi) is 11.9. The van der Waals surface area contributed by atoms with Gasteiger partial charge in [0.1, 0.15) is 5.60 Å². The summed E-state index contributed by atoms with van der Waals surface area (Å²) in [4.78, 5) is 30.0. The number of unbranched alkanes of at least 4 members (excludes halogenated alkanes) is 1. The van der Waals surface area contributed by atoms with Crippen LogP contribution in [0.15, 0.2) is 24.4 Å². The van der Waals surface area contributed by atoms with E-state index < -0.39 is 5.60 Å². The molecule has 1 saturated heterocycles. The number of amides is 2. The number of aromatic nitrogens is 1. The summed E-state index contributed by atoms with van der Waals surface area (Å²) in [6, 6.07) is 3.81. The van der Waals surface area contributed by atoms with E-state index in [0.29, 0.717) is 12.5 Å². The summed E-state index contributed by atoms with van der Waals surface area (Å²) < 4.78 is 5.44. The average Bonchev–Trinajstić information content (AvgIpc) is 2.73. The fourth-order valence-electron chi connectivity index (χ4n) is 3.40. The smallest absolute Gasteiger partial charge is 0.410 e. The van der Waals surface area contributed by atoms with Gasteiger partial charge in [0.05, 0.1) is 0 Å². The fourth-order valence-corrected chi connectivity index (χ4v) is 3.40. The molecule has 1 N–H and O–H groups in total. The van der Waals surface area contributed by atoms with Crippen molar-refractivity contribution >= 4 is 18.1 Å². The van der Waals surface area contributed by atoms with Gasteiger partial charge in [-0.25, -0.2) is 4.79 Å². The number of rotatable bonds is 7. The van der Waals surface area contributed by atoms with Gasteiger partial charge >= 0.3 is 6.09 Å². The molecule has 1 aliphatic heterocycles. The third-order valence-electron chi connectivity index (χ3n) is 5.07. The molecule has 1 fully saturated rings. The van der Waals surface area contributed by atoms with Gasteiger partial charge in [-0.3, -0.25) is 9.78 Å². The lowest BCUT2D eigenvalue weighted by Gasteiger charge is -2.33. The van der Waals surface area contributed by atoms with Gasteiger partial charge in [0.25, 0.3) is 0 Å². The van der Waals surface area contributed by atoms with Gasteiger partial charge in [0, 0.05) is 37.6 Å². The second-order valence-electron chi connectivity index (χ2n) is 8.71. The Morgan fingerprint density at radius 1 is 1.23 bits per heavy atom. The molecule has 6 heteroatoms. The van der Waals surface area contributed by atoms with E-state index >= 15 is 0 Å². The van der Waals surface area contributed by atoms with E-state index in [1.807, 2.05) is 58.6 Å². The first kappa shape index (κ1) is 26.7. The number of ether oxygens (including phenoxy) is 1. The van der Waals surface area contributed by atoms with E-state index in [1.54, 1.807) is 18.3 Å². The summed E-state index contributed by atoms with van der Waals surface area (Å²) in [5.41, 5.74) is 1.43. The predicted molar refractivity (Wildman–Crippen MR) is 127 cm³/mol. The van der Waals surface area contributed by atoms with Crippen LogP contribution in [-0.2, 0) is 9.53 Å². The number of carbonyl (C=O) groups excluding carboxylic acids is 2. The van der Waals surface area contributed by atoms with E-state index in [1.165, 1.54) is 0 Å². The molecule has 2 rings (SSSR count). The normalized spacial score (nSPS) is 14.7. The zero-order valence-corrected chi connectivity index (χ0v) is 20.2. The number of nitrogens with zero attached hydrogens (tertiary/aromatic N) is 2. The SMILES string of the molecule is CC.Cc1ncccc1/C=C/C(=O)NCCCCC1CCN(C(=O)OC(C)(C)C)CC1. The number of hydrogen-bond acceptors (Lipinski definition) is 4. The first-order valence-electron chi connectivity index (χ1n) is 11.6. The highest BCUT2D eigenvalue weighted by Gasteiger charge is 2.26. The number of likely N-dealkylation sites (tertiary alicyclic amines) is 1. The first-order valence-corrected chi connectivity index (χ1v) is 11.6. The molecule has 6 nitrogen and oxygen atoms in total. The van der Waals surface area contributed by atoms with Crippen LogP contribution >= 0.6 is 0 Å². The highest BCUT2D eigenvalue weighted by molar-refractivity contribution is 5.91. The summed E-state index contributed by atoms with van der Waals surface area (Å²) in [7, 11) is 0. The van der Waals surface area contributed by atoms with Gasteiger partial charge in [-0.05, 0) is 70.6 Å². The largest absolute Gasteiger partial charge is 0.444 e. The van der Waals surface area contributed by atoms with Crippen molar-refractivity contribution in [3.05, 3.63) is 35.7 Å². The number of aryl methyl sites for hydroxylation is 1. The number of pyridine rings is 1. The Bertz CT molecular complexity index is 702. The molecule has 1 aromatic rings. The molecule has 0 atom stereocenters. The van der Waals surface area contributed by atoms with Gasteiger partial charge in [-0.2, -0.15) is 0 Å². The van der Waals surface area contributed by atoms with Crippen LogP contribution in [0.4, 0.5) is 4.79 Å². The van der Waals surface area contributed by atoms with Crippen molar-refractivity contribution in [3.8, 4) is 0 Å². The molecule has 0 radical (unpaired) electrons. The summed E-state index contributed by atoms with van der Waals surface area (Å²) in [6.45, 7) is 13.8. The number of carbonyl (C=O) groups is 2. The fraction of sp³-hybridized carbons (Fsp3) is 0.640. The monoisotopic (exact) mass is 431 g/mol. The van der Waals surface area contributed by atoms with Crippen LogP contribution in [0, 0.1) is 12.8 Å². The van der Waals surface area contributed by atoms with Crippen LogP contribution in [0.3, 0.4) is 0 Å². The average molecular weight is 432 g/mol. The zero-order chi connectivity index (χ0) is 23.3. The lowest BCUT2D eigenvalue weighted by atomic mass is 9.92. The lowest BCUT2D eigenvalue weighted by Crippen LogP contribution is -2.41. The maximum Gasteiger partial charge on any atom is 0.410 e. The van der Waals surface area contributed by atoms with Crippen molar-refractivity contribution in [1.82, 2.24) is 15.2 Å². The number of nitrogens with one attached hydrogen (secondary N) is 1. The standard InChI is InChI=1S/C23H35N3O3.C2H6/c1-18-20(9-7-15-24-18)10-11-21(27)25-14-6-5-8-19-12-16-26(17-13-19)22(28)29-23(2,3)4;1-2/h7,9-11,15,19H,5-6,8,12-14,16-17H2,1-4H3,(H,25,27);1-2H3/b11-10+;.